The van der Waals surface area contributed by atoms with Crippen molar-refractivity contribution < 1.29 is 4.79 Å². The molecule has 82 valence electrons. The Kier molecular flexibility index (Phi) is 5.57. The van der Waals surface area contributed by atoms with Crippen molar-refractivity contribution in [3.63, 3.8) is 0 Å². The summed E-state index contributed by atoms with van der Waals surface area (Å²) in [5.74, 6) is 0.988. The van der Waals surface area contributed by atoms with Gasteiger partial charge in [0.2, 0.25) is 5.91 Å². The standard InChI is InChI=1S/C10H14N2OS2/c1-12(2)10(13)6-8-14-15-9-5-3-4-7-11-9/h3-5,7H,6,8H2,1-2H3. The van der Waals surface area contributed by atoms with Crippen LogP contribution < -0.4 is 0 Å². The van der Waals surface area contributed by atoms with Crippen LogP contribution in [-0.4, -0.2) is 35.6 Å². The lowest BCUT2D eigenvalue weighted by Crippen LogP contribution is -2.21. The molecule has 0 fully saturated rings. The van der Waals surface area contributed by atoms with E-state index in [2.05, 4.69) is 4.98 Å². The van der Waals surface area contributed by atoms with Gasteiger partial charge in [-0.3, -0.25) is 4.79 Å². The second-order valence-corrected chi connectivity index (χ2v) is 5.55. The van der Waals surface area contributed by atoms with Crippen molar-refractivity contribution in [3.8, 4) is 0 Å². The van der Waals surface area contributed by atoms with Crippen molar-refractivity contribution in [1.29, 1.82) is 0 Å². The Hall–Kier alpha value is -0.680. The summed E-state index contributed by atoms with van der Waals surface area (Å²) < 4.78 is 0. The van der Waals surface area contributed by atoms with E-state index in [1.54, 1.807) is 46.8 Å². The first-order valence-corrected chi connectivity index (χ1v) is 6.92. The monoisotopic (exact) mass is 242 g/mol. The summed E-state index contributed by atoms with van der Waals surface area (Å²) in [7, 11) is 6.82. The van der Waals surface area contributed by atoms with Gasteiger partial charge in [-0.1, -0.05) is 16.9 Å². The molecule has 0 aliphatic rings. The molecule has 0 spiro atoms. The molecule has 0 atom stereocenters. The summed E-state index contributed by atoms with van der Waals surface area (Å²) in [4.78, 5) is 17.0. The zero-order valence-electron chi connectivity index (χ0n) is 8.84. The van der Waals surface area contributed by atoms with Crippen LogP contribution >= 0.6 is 21.6 Å². The average molecular weight is 242 g/mol. The summed E-state index contributed by atoms with van der Waals surface area (Å²) in [5, 5.41) is 0.986. The lowest BCUT2D eigenvalue weighted by molar-refractivity contribution is -0.128. The smallest absolute Gasteiger partial charge is 0.222 e. The van der Waals surface area contributed by atoms with E-state index in [4.69, 9.17) is 0 Å². The molecule has 1 rings (SSSR count). The van der Waals surface area contributed by atoms with E-state index < -0.39 is 0 Å². The van der Waals surface area contributed by atoms with Gasteiger partial charge >= 0.3 is 0 Å². The highest BCUT2D eigenvalue weighted by Gasteiger charge is 2.03. The molecule has 0 unspecified atom stereocenters. The maximum absolute atomic E-state index is 11.2. The summed E-state index contributed by atoms with van der Waals surface area (Å²) in [5.41, 5.74) is 0. The van der Waals surface area contributed by atoms with Crippen molar-refractivity contribution >= 4 is 27.5 Å². The average Bonchev–Trinajstić information content (AvgIpc) is 2.25. The number of nitrogens with zero attached hydrogens (tertiary/aromatic N) is 2. The number of carbonyl (C=O) groups is 1. The van der Waals surface area contributed by atoms with Crippen molar-refractivity contribution in [2.24, 2.45) is 0 Å². The maximum Gasteiger partial charge on any atom is 0.222 e. The van der Waals surface area contributed by atoms with Crippen molar-refractivity contribution in [3.05, 3.63) is 24.4 Å². The number of hydrogen-bond acceptors (Lipinski definition) is 4. The third-order valence-electron chi connectivity index (χ3n) is 1.68. The molecule has 0 aliphatic carbocycles. The molecule has 15 heavy (non-hydrogen) atoms. The Bertz CT molecular complexity index is 304. The predicted octanol–water partition coefficient (Wildman–Crippen LogP) is 2.30. The number of pyridine rings is 1. The quantitative estimate of drug-likeness (QED) is 0.586. The fourth-order valence-electron chi connectivity index (χ4n) is 0.851. The van der Waals surface area contributed by atoms with E-state index in [0.29, 0.717) is 6.42 Å². The van der Waals surface area contributed by atoms with Crippen molar-refractivity contribution in [1.82, 2.24) is 9.88 Å². The maximum atomic E-state index is 11.2. The number of hydrogen-bond donors (Lipinski definition) is 0. The van der Waals surface area contributed by atoms with E-state index in [-0.39, 0.29) is 5.91 Å². The highest BCUT2D eigenvalue weighted by molar-refractivity contribution is 8.76. The second kappa shape index (κ2) is 6.74. The van der Waals surface area contributed by atoms with Gasteiger partial charge in [-0.2, -0.15) is 0 Å². The van der Waals surface area contributed by atoms with Gasteiger partial charge < -0.3 is 4.90 Å². The summed E-state index contributed by atoms with van der Waals surface area (Å²) in [6, 6.07) is 5.82. The number of rotatable bonds is 5. The van der Waals surface area contributed by atoms with Gasteiger partial charge in [-0.15, -0.1) is 0 Å². The molecular weight excluding hydrogens is 228 g/mol. The molecule has 0 saturated heterocycles. The molecule has 0 aliphatic heterocycles. The summed E-state index contributed by atoms with van der Waals surface area (Å²) >= 11 is 0. The fraction of sp³-hybridized carbons (Fsp3) is 0.400. The molecule has 0 radical (unpaired) electrons. The SMILES string of the molecule is CN(C)C(=O)CCSSc1ccccn1. The van der Waals surface area contributed by atoms with Gasteiger partial charge in [0.15, 0.2) is 0 Å². The highest BCUT2D eigenvalue weighted by Crippen LogP contribution is 2.29. The zero-order chi connectivity index (χ0) is 11.1. The molecule has 3 nitrogen and oxygen atoms in total. The van der Waals surface area contributed by atoms with E-state index in [1.807, 2.05) is 18.2 Å². The number of aromatic nitrogens is 1. The van der Waals surface area contributed by atoms with E-state index in [0.717, 1.165) is 10.8 Å². The minimum absolute atomic E-state index is 0.170. The Morgan fingerprint density at radius 1 is 1.47 bits per heavy atom. The molecule has 1 heterocycles. The van der Waals surface area contributed by atoms with Gasteiger partial charge in [-0.25, -0.2) is 4.98 Å². The van der Waals surface area contributed by atoms with E-state index in [1.165, 1.54) is 0 Å². The molecular formula is C10H14N2OS2. The van der Waals surface area contributed by atoms with Crippen molar-refractivity contribution in [2.75, 3.05) is 19.8 Å². The van der Waals surface area contributed by atoms with Crippen LogP contribution in [0.3, 0.4) is 0 Å². The lowest BCUT2D eigenvalue weighted by Gasteiger charge is -2.08. The minimum Gasteiger partial charge on any atom is -0.349 e. The van der Waals surface area contributed by atoms with Gasteiger partial charge in [0.25, 0.3) is 0 Å². The van der Waals surface area contributed by atoms with Crippen LogP contribution in [-0.2, 0) is 4.79 Å². The minimum atomic E-state index is 0.170. The van der Waals surface area contributed by atoms with Gasteiger partial charge in [0, 0.05) is 32.5 Å². The van der Waals surface area contributed by atoms with Crippen LogP contribution in [0.1, 0.15) is 6.42 Å². The Balaban J connectivity index is 2.15. The summed E-state index contributed by atoms with van der Waals surface area (Å²) in [6.45, 7) is 0. The predicted molar refractivity (Wildman–Crippen MR) is 65.9 cm³/mol. The Morgan fingerprint density at radius 3 is 2.87 bits per heavy atom. The third kappa shape index (κ3) is 5.09. The first kappa shape index (κ1) is 12.4. The molecule has 0 saturated carbocycles. The van der Waals surface area contributed by atoms with Crippen LogP contribution in [0.5, 0.6) is 0 Å². The number of amides is 1. The highest BCUT2D eigenvalue weighted by atomic mass is 33.1. The zero-order valence-corrected chi connectivity index (χ0v) is 10.5. The fourth-order valence-corrected chi connectivity index (χ4v) is 2.71. The van der Waals surface area contributed by atoms with Gasteiger partial charge in [0.05, 0.1) is 0 Å². The second-order valence-electron chi connectivity index (χ2n) is 3.11. The molecule has 0 N–H and O–H groups in total. The van der Waals surface area contributed by atoms with Crippen LogP contribution in [0.15, 0.2) is 29.4 Å². The molecule has 0 aromatic carbocycles. The largest absolute Gasteiger partial charge is 0.349 e. The van der Waals surface area contributed by atoms with Gasteiger partial charge in [0.1, 0.15) is 5.03 Å². The van der Waals surface area contributed by atoms with Crippen molar-refractivity contribution in [2.45, 2.75) is 11.4 Å². The van der Waals surface area contributed by atoms with Crippen LogP contribution in [0.4, 0.5) is 0 Å². The molecule has 1 amide bonds. The van der Waals surface area contributed by atoms with Crippen LogP contribution in [0.2, 0.25) is 0 Å². The first-order chi connectivity index (χ1) is 7.20. The molecule has 5 heteroatoms. The van der Waals surface area contributed by atoms with E-state index >= 15 is 0 Å². The molecule has 1 aromatic rings. The Morgan fingerprint density at radius 2 is 2.27 bits per heavy atom. The molecule has 0 bridgehead atoms. The lowest BCUT2D eigenvalue weighted by atomic mass is 10.4. The van der Waals surface area contributed by atoms with Crippen LogP contribution in [0.25, 0.3) is 0 Å². The summed E-state index contributed by atoms with van der Waals surface area (Å²) in [6.07, 6.45) is 2.35. The van der Waals surface area contributed by atoms with E-state index in [9.17, 15) is 4.79 Å². The Labute approximate surface area is 98.0 Å². The van der Waals surface area contributed by atoms with Gasteiger partial charge in [-0.05, 0) is 22.9 Å². The topological polar surface area (TPSA) is 33.2 Å². The van der Waals surface area contributed by atoms with Crippen LogP contribution in [0, 0.1) is 0 Å². The normalized spacial score (nSPS) is 10.0. The first-order valence-electron chi connectivity index (χ1n) is 4.61. The third-order valence-corrected chi connectivity index (χ3v) is 3.95. The molecule has 1 aromatic heterocycles. The number of carbonyl (C=O) groups excluding carboxylic acids is 1.